The van der Waals surface area contributed by atoms with Gasteiger partial charge in [0.1, 0.15) is 5.82 Å². The van der Waals surface area contributed by atoms with Gasteiger partial charge in [-0.25, -0.2) is 4.98 Å². The largest absolute Gasteiger partial charge is 0.353 e. The van der Waals surface area contributed by atoms with Gasteiger partial charge in [0.2, 0.25) is 5.91 Å². The van der Waals surface area contributed by atoms with E-state index >= 15 is 0 Å². The van der Waals surface area contributed by atoms with Crippen molar-refractivity contribution in [1.29, 1.82) is 0 Å². The molecular weight excluding hydrogens is 374 g/mol. The lowest BCUT2D eigenvalue weighted by atomic mass is 10.1. The fraction of sp³-hybridized carbons (Fsp3) is 0.500. The second-order valence-electron chi connectivity index (χ2n) is 8.53. The summed E-state index contributed by atoms with van der Waals surface area (Å²) in [6.45, 7) is 10.6. The summed E-state index contributed by atoms with van der Waals surface area (Å²) in [6, 6.07) is 13.2. The number of rotatable bonds is 4. The topological polar surface area (TPSA) is 42.9 Å². The van der Waals surface area contributed by atoms with Gasteiger partial charge in [0.15, 0.2) is 0 Å². The molecule has 0 spiro atoms. The Morgan fingerprint density at radius 3 is 2.27 bits per heavy atom. The Morgan fingerprint density at radius 1 is 0.867 bits per heavy atom. The zero-order valence-electron chi connectivity index (χ0n) is 18.3. The van der Waals surface area contributed by atoms with Crippen molar-refractivity contribution in [3.8, 4) is 11.1 Å². The van der Waals surface area contributed by atoms with Gasteiger partial charge < -0.3 is 14.7 Å². The molecule has 0 bridgehead atoms. The Bertz CT molecular complexity index is 828. The van der Waals surface area contributed by atoms with Gasteiger partial charge in [0.25, 0.3) is 0 Å². The van der Waals surface area contributed by atoms with Gasteiger partial charge in [-0.1, -0.05) is 24.3 Å². The van der Waals surface area contributed by atoms with Gasteiger partial charge in [-0.3, -0.25) is 9.69 Å². The summed E-state index contributed by atoms with van der Waals surface area (Å²) in [6.07, 6.45) is 3.21. The number of carbonyl (C=O) groups excluding carboxylic acids is 1. The van der Waals surface area contributed by atoms with E-state index in [-0.39, 0.29) is 5.91 Å². The second kappa shape index (κ2) is 9.58. The first-order chi connectivity index (χ1) is 14.6. The van der Waals surface area contributed by atoms with Crippen LogP contribution in [0, 0.1) is 0 Å². The smallest absolute Gasteiger partial charge is 0.219 e. The predicted molar refractivity (Wildman–Crippen MR) is 122 cm³/mol. The summed E-state index contributed by atoms with van der Waals surface area (Å²) in [5.41, 5.74) is 3.72. The third-order valence-electron chi connectivity index (χ3n) is 6.30. The van der Waals surface area contributed by atoms with Crippen LogP contribution in [-0.4, -0.2) is 85.0 Å². The van der Waals surface area contributed by atoms with Crippen molar-refractivity contribution in [2.24, 2.45) is 0 Å². The summed E-state index contributed by atoms with van der Waals surface area (Å²) in [7, 11) is 2.21. The molecule has 0 radical (unpaired) electrons. The molecule has 0 N–H and O–H groups in total. The van der Waals surface area contributed by atoms with Gasteiger partial charge in [0, 0.05) is 64.5 Å². The number of nitrogens with zero attached hydrogens (tertiary/aromatic N) is 5. The van der Waals surface area contributed by atoms with Gasteiger partial charge in [-0.05, 0) is 49.8 Å². The molecule has 2 saturated heterocycles. The Balaban J connectivity index is 1.35. The Hall–Kier alpha value is -2.44. The molecule has 1 amide bonds. The fourth-order valence-electron chi connectivity index (χ4n) is 4.31. The van der Waals surface area contributed by atoms with Crippen molar-refractivity contribution in [2.45, 2.75) is 19.9 Å². The molecule has 1 aromatic heterocycles. The van der Waals surface area contributed by atoms with Crippen LogP contribution in [0.3, 0.4) is 0 Å². The molecule has 6 nitrogen and oxygen atoms in total. The summed E-state index contributed by atoms with van der Waals surface area (Å²) in [5, 5.41) is 0. The molecule has 6 heteroatoms. The number of hydrogen-bond acceptors (Lipinski definition) is 5. The minimum atomic E-state index is 0.157. The van der Waals surface area contributed by atoms with Crippen molar-refractivity contribution in [3.05, 3.63) is 48.2 Å². The maximum atomic E-state index is 11.5. The molecule has 2 aliphatic heterocycles. The highest BCUT2D eigenvalue weighted by Crippen LogP contribution is 2.23. The summed E-state index contributed by atoms with van der Waals surface area (Å²) >= 11 is 0. The van der Waals surface area contributed by atoms with Crippen molar-refractivity contribution in [2.75, 3.05) is 64.3 Å². The summed E-state index contributed by atoms with van der Waals surface area (Å²) in [5.74, 6) is 1.15. The van der Waals surface area contributed by atoms with Crippen LogP contribution in [0.15, 0.2) is 42.6 Å². The van der Waals surface area contributed by atoms with Crippen molar-refractivity contribution >= 4 is 11.7 Å². The molecule has 160 valence electrons. The minimum Gasteiger partial charge on any atom is -0.353 e. The van der Waals surface area contributed by atoms with E-state index in [9.17, 15) is 4.79 Å². The molecule has 4 rings (SSSR count). The number of pyridine rings is 1. The number of anilines is 1. The first-order valence-electron chi connectivity index (χ1n) is 11.1. The van der Waals surface area contributed by atoms with Crippen molar-refractivity contribution < 1.29 is 4.79 Å². The zero-order valence-corrected chi connectivity index (χ0v) is 18.3. The summed E-state index contributed by atoms with van der Waals surface area (Å²) in [4.78, 5) is 25.3. The van der Waals surface area contributed by atoms with Crippen LogP contribution in [0.5, 0.6) is 0 Å². The Kier molecular flexibility index (Phi) is 6.65. The van der Waals surface area contributed by atoms with Crippen LogP contribution in [0.1, 0.15) is 18.9 Å². The van der Waals surface area contributed by atoms with E-state index in [4.69, 9.17) is 4.98 Å². The van der Waals surface area contributed by atoms with E-state index in [0.29, 0.717) is 0 Å². The molecule has 1 aromatic carbocycles. The van der Waals surface area contributed by atoms with Crippen LogP contribution in [-0.2, 0) is 11.3 Å². The molecule has 3 heterocycles. The van der Waals surface area contributed by atoms with Crippen LogP contribution >= 0.6 is 0 Å². The third kappa shape index (κ3) is 5.18. The molecule has 0 saturated carbocycles. The average Bonchev–Trinajstić information content (AvgIpc) is 2.98. The highest BCUT2D eigenvalue weighted by Gasteiger charge is 2.19. The van der Waals surface area contributed by atoms with E-state index in [1.807, 2.05) is 11.1 Å². The molecular formula is C24H33N5O. The molecule has 30 heavy (non-hydrogen) atoms. The number of carbonyl (C=O) groups is 1. The minimum absolute atomic E-state index is 0.157. The zero-order chi connectivity index (χ0) is 20.9. The van der Waals surface area contributed by atoms with Crippen molar-refractivity contribution in [1.82, 2.24) is 19.7 Å². The van der Waals surface area contributed by atoms with E-state index < -0.39 is 0 Å². The molecule has 2 fully saturated rings. The molecule has 0 unspecified atom stereocenters. The van der Waals surface area contributed by atoms with Crippen LogP contribution in [0.4, 0.5) is 5.82 Å². The van der Waals surface area contributed by atoms with E-state index in [1.54, 1.807) is 6.92 Å². The number of piperazine rings is 1. The molecule has 2 aliphatic rings. The third-order valence-corrected chi connectivity index (χ3v) is 6.30. The highest BCUT2D eigenvalue weighted by atomic mass is 16.2. The molecule has 0 aliphatic carbocycles. The first-order valence-corrected chi connectivity index (χ1v) is 11.1. The SMILES string of the molecule is CC(=O)N1CCN(c2ccc(-c3ccc(CN4CCCN(C)CC4)cc3)cn2)CC1. The Morgan fingerprint density at radius 2 is 1.60 bits per heavy atom. The number of benzene rings is 1. The molecule has 0 atom stereocenters. The number of likely N-dealkylation sites (N-methyl/N-ethyl adjacent to an activating group) is 1. The maximum absolute atomic E-state index is 11.5. The number of hydrogen-bond donors (Lipinski definition) is 0. The quantitative estimate of drug-likeness (QED) is 0.779. The predicted octanol–water partition coefficient (Wildman–Crippen LogP) is 2.55. The number of aromatic nitrogens is 1. The lowest BCUT2D eigenvalue weighted by Gasteiger charge is -2.34. The summed E-state index contributed by atoms with van der Waals surface area (Å²) < 4.78 is 0. The van der Waals surface area contributed by atoms with Crippen LogP contribution < -0.4 is 4.90 Å². The maximum Gasteiger partial charge on any atom is 0.219 e. The lowest BCUT2D eigenvalue weighted by molar-refractivity contribution is -0.129. The average molecular weight is 408 g/mol. The monoisotopic (exact) mass is 407 g/mol. The van der Waals surface area contributed by atoms with Crippen molar-refractivity contribution in [3.63, 3.8) is 0 Å². The van der Waals surface area contributed by atoms with Crippen LogP contribution in [0.25, 0.3) is 11.1 Å². The van der Waals surface area contributed by atoms with Crippen LogP contribution in [0.2, 0.25) is 0 Å². The second-order valence-corrected chi connectivity index (χ2v) is 8.53. The van der Waals surface area contributed by atoms with E-state index in [0.717, 1.165) is 57.2 Å². The first kappa shape index (κ1) is 20.8. The lowest BCUT2D eigenvalue weighted by Crippen LogP contribution is -2.48. The standard InChI is InChI=1S/C24H33N5O/c1-20(30)28-14-16-29(17-15-28)24-9-8-23(18-25-24)22-6-4-21(5-7-22)19-27-11-3-10-26(2)12-13-27/h4-9,18H,3,10-17,19H2,1-2H3. The van der Waals surface area contributed by atoms with Gasteiger partial charge in [-0.2, -0.15) is 0 Å². The Labute approximate surface area is 180 Å². The van der Waals surface area contributed by atoms with Gasteiger partial charge in [0.05, 0.1) is 0 Å². The van der Waals surface area contributed by atoms with Gasteiger partial charge in [-0.15, -0.1) is 0 Å². The normalized spacial score (nSPS) is 19.0. The van der Waals surface area contributed by atoms with E-state index in [1.165, 1.54) is 30.6 Å². The fourth-order valence-corrected chi connectivity index (χ4v) is 4.31. The molecule has 2 aromatic rings. The number of amides is 1. The van der Waals surface area contributed by atoms with E-state index in [2.05, 4.69) is 58.1 Å². The van der Waals surface area contributed by atoms with Gasteiger partial charge >= 0.3 is 0 Å². The highest BCUT2D eigenvalue weighted by molar-refractivity contribution is 5.73.